The predicted octanol–water partition coefficient (Wildman–Crippen LogP) is 4.05. The molecule has 0 aliphatic rings. The molecule has 0 aliphatic heterocycles. The SMILES string of the molecule is CCCCCCn1nc(C(=O)OCC(=O)Nc2c(F)cccc2F)c2ccccc2c1=O. The topological polar surface area (TPSA) is 90.3 Å². The molecule has 1 amide bonds. The maximum atomic E-state index is 13.7. The summed E-state index contributed by atoms with van der Waals surface area (Å²) in [6.07, 6.45) is 3.71. The summed E-state index contributed by atoms with van der Waals surface area (Å²) >= 11 is 0. The first kappa shape index (κ1) is 23.1. The molecular weight excluding hydrogens is 420 g/mol. The number of hydrogen-bond donors (Lipinski definition) is 1. The molecule has 3 aromatic rings. The molecule has 0 aliphatic carbocycles. The molecule has 0 unspecified atom stereocenters. The molecule has 168 valence electrons. The Kier molecular flexibility index (Phi) is 7.64. The van der Waals surface area contributed by atoms with Gasteiger partial charge in [-0.1, -0.05) is 50.5 Å². The zero-order valence-electron chi connectivity index (χ0n) is 17.6. The molecule has 0 fully saturated rings. The van der Waals surface area contributed by atoms with Crippen LogP contribution in [0.5, 0.6) is 0 Å². The van der Waals surface area contributed by atoms with Gasteiger partial charge in [0.25, 0.3) is 11.5 Å². The van der Waals surface area contributed by atoms with Crippen LogP contribution >= 0.6 is 0 Å². The van der Waals surface area contributed by atoms with Gasteiger partial charge < -0.3 is 10.1 Å². The average Bonchev–Trinajstić information content (AvgIpc) is 2.79. The van der Waals surface area contributed by atoms with Gasteiger partial charge in [-0.15, -0.1) is 0 Å². The minimum atomic E-state index is -0.951. The second-order valence-electron chi connectivity index (χ2n) is 7.20. The molecule has 0 bridgehead atoms. The van der Waals surface area contributed by atoms with Gasteiger partial charge in [-0.05, 0) is 24.6 Å². The summed E-state index contributed by atoms with van der Waals surface area (Å²) in [6.45, 7) is 1.64. The highest BCUT2D eigenvalue weighted by Gasteiger charge is 2.20. The quantitative estimate of drug-likeness (QED) is 0.398. The zero-order valence-corrected chi connectivity index (χ0v) is 17.6. The zero-order chi connectivity index (χ0) is 23.1. The Bertz CT molecular complexity index is 1170. The van der Waals surface area contributed by atoms with Crippen LogP contribution < -0.4 is 10.9 Å². The first-order valence-corrected chi connectivity index (χ1v) is 10.3. The number of esters is 1. The Balaban J connectivity index is 1.77. The maximum Gasteiger partial charge on any atom is 0.359 e. The van der Waals surface area contributed by atoms with Gasteiger partial charge in [0.1, 0.15) is 17.3 Å². The van der Waals surface area contributed by atoms with Crippen LogP contribution in [0.4, 0.5) is 14.5 Å². The fourth-order valence-electron chi connectivity index (χ4n) is 3.22. The van der Waals surface area contributed by atoms with E-state index in [0.717, 1.165) is 43.9 Å². The minimum absolute atomic E-state index is 0.111. The van der Waals surface area contributed by atoms with Gasteiger partial charge in [0.2, 0.25) is 0 Å². The van der Waals surface area contributed by atoms with Gasteiger partial charge in [0, 0.05) is 11.9 Å². The van der Waals surface area contributed by atoms with Crippen LogP contribution in [-0.2, 0) is 16.1 Å². The van der Waals surface area contributed by atoms with Gasteiger partial charge in [-0.25, -0.2) is 18.3 Å². The minimum Gasteiger partial charge on any atom is -0.451 e. The highest BCUT2D eigenvalue weighted by atomic mass is 19.1. The lowest BCUT2D eigenvalue weighted by Gasteiger charge is -2.11. The monoisotopic (exact) mass is 443 g/mol. The van der Waals surface area contributed by atoms with Crippen molar-refractivity contribution in [2.45, 2.75) is 39.2 Å². The second-order valence-corrected chi connectivity index (χ2v) is 7.20. The van der Waals surface area contributed by atoms with Crippen molar-refractivity contribution in [3.8, 4) is 0 Å². The molecule has 1 aromatic heterocycles. The van der Waals surface area contributed by atoms with Crippen molar-refractivity contribution in [2.24, 2.45) is 0 Å². The Hall–Kier alpha value is -3.62. The molecular formula is C23H23F2N3O4. The normalized spacial score (nSPS) is 10.8. The number of amides is 1. The summed E-state index contributed by atoms with van der Waals surface area (Å²) in [4.78, 5) is 37.4. The van der Waals surface area contributed by atoms with E-state index in [9.17, 15) is 23.2 Å². The number of halogens is 2. The first-order valence-electron chi connectivity index (χ1n) is 10.3. The summed E-state index contributed by atoms with van der Waals surface area (Å²) in [5.41, 5.74) is -1.06. The smallest absolute Gasteiger partial charge is 0.359 e. The number of hydrogen-bond acceptors (Lipinski definition) is 5. The van der Waals surface area contributed by atoms with Gasteiger partial charge in [0.05, 0.1) is 5.39 Å². The molecule has 3 rings (SSSR count). The number of carbonyl (C=O) groups excluding carboxylic acids is 2. The summed E-state index contributed by atoms with van der Waals surface area (Å²) in [6, 6.07) is 9.63. The number of rotatable bonds is 9. The van der Waals surface area contributed by atoms with Crippen molar-refractivity contribution in [1.29, 1.82) is 0 Å². The third-order valence-corrected chi connectivity index (χ3v) is 4.85. The number of aryl methyl sites for hydroxylation is 1. The van der Waals surface area contributed by atoms with Crippen molar-refractivity contribution in [2.75, 3.05) is 11.9 Å². The van der Waals surface area contributed by atoms with Crippen LogP contribution in [-0.4, -0.2) is 28.3 Å². The molecule has 1 heterocycles. The van der Waals surface area contributed by atoms with E-state index in [0.29, 0.717) is 17.3 Å². The standard InChI is InChI=1S/C23H23F2N3O4/c1-2-3-4-7-13-28-22(30)16-10-6-5-9-15(16)20(27-28)23(31)32-14-19(29)26-21-17(24)11-8-12-18(21)25/h5-6,8-12H,2-4,7,13-14H2,1H3,(H,26,29). The summed E-state index contributed by atoms with van der Waals surface area (Å²) in [5.74, 6) is -3.74. The van der Waals surface area contributed by atoms with Crippen LogP contribution in [0.1, 0.15) is 43.1 Å². The highest BCUT2D eigenvalue weighted by molar-refractivity contribution is 6.03. The molecule has 7 nitrogen and oxygen atoms in total. The Morgan fingerprint density at radius 3 is 2.38 bits per heavy atom. The number of unbranched alkanes of at least 4 members (excludes halogenated alkanes) is 3. The second kappa shape index (κ2) is 10.6. The predicted molar refractivity (Wildman–Crippen MR) is 115 cm³/mol. The number of para-hydroxylation sites is 1. The van der Waals surface area contributed by atoms with Gasteiger partial charge in [-0.2, -0.15) is 5.10 Å². The van der Waals surface area contributed by atoms with E-state index in [1.807, 2.05) is 5.32 Å². The molecule has 0 saturated carbocycles. The number of nitrogens with one attached hydrogen (secondary N) is 1. The van der Waals surface area contributed by atoms with Crippen LogP contribution in [0.25, 0.3) is 10.8 Å². The van der Waals surface area contributed by atoms with Gasteiger partial charge in [0.15, 0.2) is 12.3 Å². The van der Waals surface area contributed by atoms with Crippen molar-refractivity contribution >= 4 is 28.3 Å². The molecule has 0 spiro atoms. The lowest BCUT2D eigenvalue weighted by Crippen LogP contribution is -2.28. The van der Waals surface area contributed by atoms with Crippen LogP contribution in [0.15, 0.2) is 47.3 Å². The van der Waals surface area contributed by atoms with E-state index in [2.05, 4.69) is 12.0 Å². The molecule has 1 N–H and O–H groups in total. The van der Waals surface area contributed by atoms with Crippen molar-refractivity contribution in [3.63, 3.8) is 0 Å². The van der Waals surface area contributed by atoms with E-state index in [-0.39, 0.29) is 11.3 Å². The van der Waals surface area contributed by atoms with Crippen LogP contribution in [0, 0.1) is 11.6 Å². The van der Waals surface area contributed by atoms with Gasteiger partial charge >= 0.3 is 5.97 Å². The van der Waals surface area contributed by atoms with E-state index < -0.39 is 35.8 Å². The van der Waals surface area contributed by atoms with E-state index >= 15 is 0 Å². The average molecular weight is 443 g/mol. The van der Waals surface area contributed by atoms with Crippen molar-refractivity contribution in [3.05, 3.63) is 70.1 Å². The summed E-state index contributed by atoms with van der Waals surface area (Å²) in [5, 5.41) is 6.81. The molecule has 0 saturated heterocycles. The number of benzene rings is 2. The number of carbonyl (C=O) groups is 2. The van der Waals surface area contributed by atoms with Crippen molar-refractivity contribution in [1.82, 2.24) is 9.78 Å². The number of aromatic nitrogens is 2. The fraction of sp³-hybridized carbons (Fsp3) is 0.304. The Morgan fingerprint density at radius 1 is 1.00 bits per heavy atom. The lowest BCUT2D eigenvalue weighted by molar-refractivity contribution is -0.119. The Labute approximate surface area is 183 Å². The number of ether oxygens (including phenoxy) is 1. The van der Waals surface area contributed by atoms with E-state index in [4.69, 9.17) is 4.74 Å². The largest absolute Gasteiger partial charge is 0.451 e. The third-order valence-electron chi connectivity index (χ3n) is 4.85. The number of nitrogens with zero attached hydrogens (tertiary/aromatic N) is 2. The van der Waals surface area contributed by atoms with Crippen molar-refractivity contribution < 1.29 is 23.1 Å². The number of anilines is 1. The van der Waals surface area contributed by atoms with Crippen LogP contribution in [0.3, 0.4) is 0 Å². The molecule has 2 aromatic carbocycles. The van der Waals surface area contributed by atoms with E-state index in [1.54, 1.807) is 24.3 Å². The lowest BCUT2D eigenvalue weighted by atomic mass is 10.1. The van der Waals surface area contributed by atoms with E-state index in [1.165, 1.54) is 4.68 Å². The summed E-state index contributed by atoms with van der Waals surface area (Å²) < 4.78 is 33.6. The first-order chi connectivity index (χ1) is 15.4. The fourth-order valence-corrected chi connectivity index (χ4v) is 3.22. The molecule has 32 heavy (non-hydrogen) atoms. The van der Waals surface area contributed by atoms with Crippen LogP contribution in [0.2, 0.25) is 0 Å². The highest BCUT2D eigenvalue weighted by Crippen LogP contribution is 2.18. The molecule has 0 radical (unpaired) electrons. The third kappa shape index (κ3) is 5.35. The Morgan fingerprint density at radius 2 is 1.69 bits per heavy atom. The summed E-state index contributed by atoms with van der Waals surface area (Å²) in [7, 11) is 0. The number of fused-ring (bicyclic) bond motifs is 1. The van der Waals surface area contributed by atoms with Gasteiger partial charge in [-0.3, -0.25) is 9.59 Å². The maximum absolute atomic E-state index is 13.7. The molecule has 9 heteroatoms. The molecule has 0 atom stereocenters.